The number of nitrogens with one attached hydrogen (secondary N) is 1. The number of ketones is 1. The summed E-state index contributed by atoms with van der Waals surface area (Å²) in [6, 6.07) is 9.90. The third-order valence-electron chi connectivity index (χ3n) is 6.36. The molecular formula is C26H26N2O3. The largest absolute Gasteiger partial charge is 0.459 e. The van der Waals surface area contributed by atoms with E-state index in [1.807, 2.05) is 52.0 Å². The van der Waals surface area contributed by atoms with Crippen LogP contribution < -0.4 is 5.32 Å². The van der Waals surface area contributed by atoms with E-state index < -0.39 is 11.9 Å². The van der Waals surface area contributed by atoms with Crippen LogP contribution in [0.3, 0.4) is 0 Å². The molecule has 0 aromatic heterocycles. The van der Waals surface area contributed by atoms with Crippen LogP contribution in [0.1, 0.15) is 62.9 Å². The van der Waals surface area contributed by atoms with Gasteiger partial charge in [0.15, 0.2) is 5.78 Å². The van der Waals surface area contributed by atoms with Crippen molar-refractivity contribution in [3.63, 3.8) is 0 Å². The lowest BCUT2D eigenvalue weighted by atomic mass is 9.74. The van der Waals surface area contributed by atoms with Crippen molar-refractivity contribution < 1.29 is 14.3 Å². The van der Waals surface area contributed by atoms with Crippen molar-refractivity contribution >= 4 is 17.3 Å². The zero-order chi connectivity index (χ0) is 22.3. The molecule has 1 aromatic carbocycles. The average Bonchev–Trinajstić information content (AvgIpc) is 3.05. The lowest BCUT2D eigenvalue weighted by Crippen LogP contribution is -2.32. The van der Waals surface area contributed by atoms with Gasteiger partial charge in [0.05, 0.1) is 29.2 Å². The van der Waals surface area contributed by atoms with E-state index in [-0.39, 0.29) is 11.9 Å². The summed E-state index contributed by atoms with van der Waals surface area (Å²) in [6.45, 7) is 7.50. The molecule has 2 atom stereocenters. The van der Waals surface area contributed by atoms with Crippen molar-refractivity contribution in [2.24, 2.45) is 5.92 Å². The van der Waals surface area contributed by atoms with Crippen LogP contribution in [0.5, 0.6) is 0 Å². The maximum absolute atomic E-state index is 13.2. The monoisotopic (exact) mass is 414 g/mol. The summed E-state index contributed by atoms with van der Waals surface area (Å²) in [7, 11) is 0. The summed E-state index contributed by atoms with van der Waals surface area (Å²) in [5.74, 6) is -0.934. The fourth-order valence-corrected chi connectivity index (χ4v) is 4.70. The number of Topliss-reactive ketones (excluding diaryl/α,β-unsaturated/α-hetero) is 1. The molecule has 0 radical (unpaired) electrons. The number of esters is 1. The number of rotatable bonds is 4. The fourth-order valence-electron chi connectivity index (χ4n) is 4.70. The maximum Gasteiger partial charge on any atom is 0.337 e. The Morgan fingerprint density at radius 1 is 1.26 bits per heavy atom. The number of dihydropyridines is 1. The topological polar surface area (TPSA) is 79.2 Å². The SMILES string of the molecule is CC[C@H](C)OC(=O)C1=C(C)NC(C)=C(C#N)C1C1=CCCC2=C1c1ccccc1C2=O. The van der Waals surface area contributed by atoms with E-state index in [9.17, 15) is 14.9 Å². The quantitative estimate of drug-likeness (QED) is 0.702. The second kappa shape index (κ2) is 8.03. The van der Waals surface area contributed by atoms with E-state index in [0.717, 1.165) is 28.0 Å². The van der Waals surface area contributed by atoms with E-state index in [1.54, 1.807) is 0 Å². The molecule has 0 spiro atoms. The van der Waals surface area contributed by atoms with Crippen molar-refractivity contribution in [3.8, 4) is 6.07 Å². The summed E-state index contributed by atoms with van der Waals surface area (Å²) in [5.41, 5.74) is 6.41. The van der Waals surface area contributed by atoms with Crippen LogP contribution in [0, 0.1) is 17.2 Å². The first-order chi connectivity index (χ1) is 14.9. The van der Waals surface area contributed by atoms with Gasteiger partial charge in [-0.2, -0.15) is 5.26 Å². The van der Waals surface area contributed by atoms with Gasteiger partial charge in [-0.25, -0.2) is 4.79 Å². The van der Waals surface area contributed by atoms with Crippen LogP contribution in [-0.4, -0.2) is 17.9 Å². The highest BCUT2D eigenvalue weighted by molar-refractivity contribution is 6.23. The van der Waals surface area contributed by atoms with Gasteiger partial charge in [-0.05, 0) is 56.7 Å². The van der Waals surface area contributed by atoms with Gasteiger partial charge in [-0.1, -0.05) is 37.3 Å². The number of fused-ring (bicyclic) bond motifs is 2. The molecule has 0 fully saturated rings. The Hall–Kier alpha value is -3.39. The van der Waals surface area contributed by atoms with Crippen molar-refractivity contribution in [2.75, 3.05) is 0 Å². The van der Waals surface area contributed by atoms with Crippen LogP contribution in [0.4, 0.5) is 0 Å². The first-order valence-electron chi connectivity index (χ1n) is 10.8. The molecule has 5 heteroatoms. The number of carbonyl (C=O) groups is 2. The smallest absolute Gasteiger partial charge is 0.337 e. The molecule has 4 rings (SSSR count). The molecule has 1 unspecified atom stereocenters. The molecule has 1 aromatic rings. The molecule has 0 saturated heterocycles. The minimum atomic E-state index is -0.563. The molecule has 0 bridgehead atoms. The van der Waals surface area contributed by atoms with Crippen molar-refractivity contribution in [1.29, 1.82) is 5.26 Å². The highest BCUT2D eigenvalue weighted by atomic mass is 16.5. The molecule has 31 heavy (non-hydrogen) atoms. The molecule has 3 aliphatic rings. The number of benzene rings is 1. The Bertz CT molecular complexity index is 1160. The minimum Gasteiger partial charge on any atom is -0.459 e. The number of hydrogen-bond acceptors (Lipinski definition) is 5. The second-order valence-electron chi connectivity index (χ2n) is 8.30. The number of ether oxygens (including phenoxy) is 1. The molecule has 158 valence electrons. The zero-order valence-electron chi connectivity index (χ0n) is 18.3. The molecule has 0 amide bonds. The molecule has 0 saturated carbocycles. The number of hydrogen-bond donors (Lipinski definition) is 1. The summed E-state index contributed by atoms with van der Waals surface area (Å²) in [6.07, 6.45) is 3.92. The Balaban J connectivity index is 1.89. The predicted molar refractivity (Wildman–Crippen MR) is 118 cm³/mol. The highest BCUT2D eigenvalue weighted by Gasteiger charge is 2.41. The summed E-state index contributed by atoms with van der Waals surface area (Å²) < 4.78 is 5.68. The number of nitriles is 1. The van der Waals surface area contributed by atoms with E-state index in [0.29, 0.717) is 41.7 Å². The standard InChI is InChI=1S/C26H26N2O3/c1-5-14(2)31-26(30)22-16(4)28-15(3)21(13-27)24(22)19-11-8-12-20-23(19)17-9-6-7-10-18(17)25(20)29/h6-7,9-11,14,24,28H,5,8,12H2,1-4H3/t14-,24?/m0/s1. The van der Waals surface area contributed by atoms with Crippen LogP contribution in [-0.2, 0) is 9.53 Å². The average molecular weight is 415 g/mol. The fraction of sp³-hybridized carbons (Fsp3) is 0.346. The van der Waals surface area contributed by atoms with Gasteiger partial charge in [0.25, 0.3) is 0 Å². The number of allylic oxidation sites excluding steroid dienone is 7. The predicted octanol–water partition coefficient (Wildman–Crippen LogP) is 4.99. The van der Waals surface area contributed by atoms with Crippen LogP contribution >= 0.6 is 0 Å². The third-order valence-corrected chi connectivity index (χ3v) is 6.36. The second-order valence-corrected chi connectivity index (χ2v) is 8.30. The highest BCUT2D eigenvalue weighted by Crippen LogP contribution is 2.49. The Kier molecular flexibility index (Phi) is 5.41. The van der Waals surface area contributed by atoms with Gasteiger partial charge in [-0.15, -0.1) is 0 Å². The number of nitrogens with zero attached hydrogens (tertiary/aromatic N) is 1. The zero-order valence-corrected chi connectivity index (χ0v) is 18.3. The van der Waals surface area contributed by atoms with Crippen molar-refractivity contribution in [3.05, 3.63) is 75.2 Å². The third kappa shape index (κ3) is 3.33. The first-order valence-corrected chi connectivity index (χ1v) is 10.8. The molecule has 1 N–H and O–H groups in total. The molecule has 2 aliphatic carbocycles. The molecular weight excluding hydrogens is 388 g/mol. The van der Waals surface area contributed by atoms with Gasteiger partial charge in [0, 0.05) is 22.5 Å². The van der Waals surface area contributed by atoms with Crippen LogP contribution in [0.15, 0.2) is 64.0 Å². The molecule has 1 heterocycles. The van der Waals surface area contributed by atoms with Gasteiger partial charge in [0.1, 0.15) is 0 Å². The Morgan fingerprint density at radius 2 is 1.97 bits per heavy atom. The molecule has 1 aliphatic heterocycles. The van der Waals surface area contributed by atoms with Gasteiger partial charge < -0.3 is 10.1 Å². The summed E-state index contributed by atoms with van der Waals surface area (Å²) in [5, 5.41) is 13.2. The minimum absolute atomic E-state index is 0.0498. The van der Waals surface area contributed by atoms with Crippen molar-refractivity contribution in [1.82, 2.24) is 5.32 Å². The lowest BCUT2D eigenvalue weighted by molar-refractivity contribution is -0.144. The molecule has 5 nitrogen and oxygen atoms in total. The van der Waals surface area contributed by atoms with E-state index in [2.05, 4.69) is 17.5 Å². The van der Waals surface area contributed by atoms with Crippen LogP contribution in [0.2, 0.25) is 0 Å². The normalized spacial score (nSPS) is 21.2. The van der Waals surface area contributed by atoms with Gasteiger partial charge in [-0.3, -0.25) is 4.79 Å². The van der Waals surface area contributed by atoms with Crippen LogP contribution in [0.25, 0.3) is 5.57 Å². The first kappa shape index (κ1) is 20.9. The number of carbonyl (C=O) groups excluding carboxylic acids is 2. The summed E-state index contributed by atoms with van der Waals surface area (Å²) in [4.78, 5) is 26.3. The Morgan fingerprint density at radius 3 is 2.65 bits per heavy atom. The Labute approximate surface area is 182 Å². The van der Waals surface area contributed by atoms with E-state index in [4.69, 9.17) is 4.74 Å². The summed E-state index contributed by atoms with van der Waals surface area (Å²) >= 11 is 0. The maximum atomic E-state index is 13.2. The van der Waals surface area contributed by atoms with E-state index >= 15 is 0 Å². The van der Waals surface area contributed by atoms with Crippen molar-refractivity contribution in [2.45, 2.75) is 53.1 Å². The van der Waals surface area contributed by atoms with E-state index in [1.165, 1.54) is 0 Å². The lowest BCUT2D eigenvalue weighted by Gasteiger charge is -2.32. The van der Waals surface area contributed by atoms with Gasteiger partial charge in [0.2, 0.25) is 0 Å². The van der Waals surface area contributed by atoms with Gasteiger partial charge >= 0.3 is 5.97 Å².